The molecule has 0 aromatic carbocycles. The molecule has 106 valence electrons. The molecule has 1 aromatic heterocycles. The highest BCUT2D eigenvalue weighted by Gasteiger charge is 2.20. The highest BCUT2D eigenvalue weighted by Crippen LogP contribution is 2.13. The van der Waals surface area contributed by atoms with Gasteiger partial charge in [-0.05, 0) is 38.8 Å². The molecule has 4 heteroatoms. The second kappa shape index (κ2) is 6.85. The van der Waals surface area contributed by atoms with E-state index in [1.54, 1.807) is 0 Å². The van der Waals surface area contributed by atoms with Crippen molar-refractivity contribution in [1.29, 1.82) is 0 Å². The number of hydrogen-bond acceptors (Lipinski definition) is 3. The van der Waals surface area contributed by atoms with Crippen LogP contribution < -0.4 is 5.32 Å². The van der Waals surface area contributed by atoms with Gasteiger partial charge in [0.2, 0.25) is 0 Å². The summed E-state index contributed by atoms with van der Waals surface area (Å²) in [7, 11) is 0. The molecule has 0 radical (unpaired) electrons. The van der Waals surface area contributed by atoms with E-state index in [2.05, 4.69) is 24.3 Å². The van der Waals surface area contributed by atoms with E-state index in [9.17, 15) is 4.79 Å². The number of ketones is 1. The fraction of sp³-hybridized carbons (Fsp3) is 0.733. The maximum Gasteiger partial charge on any atom is 0.155 e. The Labute approximate surface area is 115 Å². The van der Waals surface area contributed by atoms with Crippen molar-refractivity contribution in [1.82, 2.24) is 15.1 Å². The molecular weight excluding hydrogens is 238 g/mol. The van der Waals surface area contributed by atoms with Crippen LogP contribution >= 0.6 is 0 Å². The summed E-state index contributed by atoms with van der Waals surface area (Å²) >= 11 is 0. The smallest absolute Gasteiger partial charge is 0.155 e. The molecule has 19 heavy (non-hydrogen) atoms. The van der Waals surface area contributed by atoms with E-state index < -0.39 is 0 Å². The monoisotopic (exact) mass is 263 g/mol. The van der Waals surface area contributed by atoms with Crippen LogP contribution in [-0.4, -0.2) is 28.2 Å². The van der Waals surface area contributed by atoms with Crippen LogP contribution in [0.15, 0.2) is 12.3 Å². The van der Waals surface area contributed by atoms with Gasteiger partial charge in [-0.25, -0.2) is 0 Å². The van der Waals surface area contributed by atoms with Gasteiger partial charge in [-0.1, -0.05) is 19.8 Å². The Bertz CT molecular complexity index is 405. The van der Waals surface area contributed by atoms with Crippen LogP contribution in [0, 0.1) is 0 Å². The second-order valence-corrected chi connectivity index (χ2v) is 5.54. The molecule has 2 unspecified atom stereocenters. The molecule has 2 heterocycles. The molecule has 0 saturated carbocycles. The molecule has 0 bridgehead atoms. The van der Waals surface area contributed by atoms with Gasteiger partial charge in [0.05, 0.1) is 18.2 Å². The lowest BCUT2D eigenvalue weighted by Crippen LogP contribution is -2.37. The largest absolute Gasteiger partial charge is 0.307 e. The van der Waals surface area contributed by atoms with Crippen molar-refractivity contribution in [2.45, 2.75) is 64.5 Å². The van der Waals surface area contributed by atoms with Crippen LogP contribution in [0.2, 0.25) is 0 Å². The van der Waals surface area contributed by atoms with Crippen LogP contribution in [0.3, 0.4) is 0 Å². The van der Waals surface area contributed by atoms with E-state index in [0.29, 0.717) is 12.5 Å². The van der Waals surface area contributed by atoms with E-state index in [1.807, 2.05) is 16.9 Å². The van der Waals surface area contributed by atoms with Gasteiger partial charge in [0.25, 0.3) is 0 Å². The van der Waals surface area contributed by atoms with Gasteiger partial charge >= 0.3 is 0 Å². The van der Waals surface area contributed by atoms with E-state index in [0.717, 1.165) is 31.5 Å². The third-order valence-electron chi connectivity index (χ3n) is 4.01. The fourth-order valence-electron chi connectivity index (χ4n) is 2.51. The zero-order valence-corrected chi connectivity index (χ0v) is 12.1. The third-order valence-corrected chi connectivity index (χ3v) is 4.01. The van der Waals surface area contributed by atoms with Crippen LogP contribution in [0.4, 0.5) is 0 Å². The Kier molecular flexibility index (Phi) is 5.14. The molecular formula is C15H25N3O. The molecule has 1 aromatic rings. The lowest BCUT2D eigenvalue weighted by Gasteiger charge is -2.13. The van der Waals surface area contributed by atoms with Crippen LogP contribution in [0.1, 0.15) is 57.7 Å². The molecule has 0 amide bonds. The molecule has 0 aliphatic carbocycles. The molecule has 2 rings (SSSR count). The molecule has 1 N–H and O–H groups in total. The number of nitrogens with one attached hydrogen (secondary N) is 1. The number of aromatic nitrogens is 2. The quantitative estimate of drug-likeness (QED) is 0.888. The lowest BCUT2D eigenvalue weighted by molar-refractivity contribution is -0.120. The standard InChI is InChI=1S/C15H25N3O/c1-3-12(2)18-10-8-13(17-18)11-15(19)14-7-5-4-6-9-16-14/h8,10,12,14,16H,3-7,9,11H2,1-2H3. The van der Waals surface area contributed by atoms with Gasteiger partial charge in [0, 0.05) is 12.2 Å². The minimum atomic E-state index is 0.0382. The van der Waals surface area contributed by atoms with Gasteiger partial charge in [0.1, 0.15) is 0 Å². The molecule has 1 aliphatic rings. The van der Waals surface area contributed by atoms with Crippen molar-refractivity contribution in [3.63, 3.8) is 0 Å². The fourth-order valence-corrected chi connectivity index (χ4v) is 2.51. The number of hydrogen-bond donors (Lipinski definition) is 1. The summed E-state index contributed by atoms with van der Waals surface area (Å²) in [5.41, 5.74) is 0.899. The van der Waals surface area contributed by atoms with Crippen molar-refractivity contribution in [2.75, 3.05) is 6.54 Å². The normalized spacial score (nSPS) is 21.9. The average Bonchev–Trinajstić information content (AvgIpc) is 2.71. The Morgan fingerprint density at radius 1 is 1.53 bits per heavy atom. The first-order valence-electron chi connectivity index (χ1n) is 7.51. The zero-order valence-electron chi connectivity index (χ0n) is 12.1. The first-order chi connectivity index (χ1) is 9.20. The Hall–Kier alpha value is -1.16. The summed E-state index contributed by atoms with van der Waals surface area (Å²) in [6.45, 7) is 5.26. The maximum atomic E-state index is 12.3. The summed E-state index contributed by atoms with van der Waals surface area (Å²) in [6, 6.07) is 2.41. The molecule has 1 saturated heterocycles. The summed E-state index contributed by atoms with van der Waals surface area (Å²) in [6.07, 6.45) is 8.05. The van der Waals surface area contributed by atoms with Crippen LogP contribution in [0.25, 0.3) is 0 Å². The van der Waals surface area contributed by atoms with Crippen molar-refractivity contribution in [3.8, 4) is 0 Å². The first-order valence-corrected chi connectivity index (χ1v) is 7.51. The number of carbonyl (C=O) groups excluding carboxylic acids is 1. The summed E-state index contributed by atoms with van der Waals surface area (Å²) < 4.78 is 1.96. The van der Waals surface area contributed by atoms with Crippen molar-refractivity contribution >= 4 is 5.78 Å². The minimum absolute atomic E-state index is 0.0382. The highest BCUT2D eigenvalue weighted by molar-refractivity contribution is 5.85. The van der Waals surface area contributed by atoms with Gasteiger partial charge < -0.3 is 5.32 Å². The summed E-state index contributed by atoms with van der Waals surface area (Å²) in [5.74, 6) is 0.288. The van der Waals surface area contributed by atoms with Gasteiger partial charge in [0.15, 0.2) is 5.78 Å². The van der Waals surface area contributed by atoms with E-state index in [-0.39, 0.29) is 11.8 Å². The van der Waals surface area contributed by atoms with Crippen molar-refractivity contribution in [2.24, 2.45) is 0 Å². The van der Waals surface area contributed by atoms with Gasteiger partial charge in [-0.3, -0.25) is 9.48 Å². The van der Waals surface area contributed by atoms with E-state index in [4.69, 9.17) is 0 Å². The molecule has 2 atom stereocenters. The van der Waals surface area contributed by atoms with E-state index in [1.165, 1.54) is 12.8 Å². The molecule has 1 fully saturated rings. The number of nitrogens with zero attached hydrogens (tertiary/aromatic N) is 2. The molecule has 0 spiro atoms. The SMILES string of the molecule is CCC(C)n1ccc(CC(=O)C2CCCCCN2)n1. The first kappa shape index (κ1) is 14.3. The minimum Gasteiger partial charge on any atom is -0.307 e. The average molecular weight is 263 g/mol. The zero-order chi connectivity index (χ0) is 13.7. The maximum absolute atomic E-state index is 12.3. The predicted molar refractivity (Wildman–Crippen MR) is 76.2 cm³/mol. The van der Waals surface area contributed by atoms with Gasteiger partial charge in [-0.15, -0.1) is 0 Å². The second-order valence-electron chi connectivity index (χ2n) is 5.54. The summed E-state index contributed by atoms with van der Waals surface area (Å²) in [5, 5.41) is 7.87. The highest BCUT2D eigenvalue weighted by atomic mass is 16.1. The lowest BCUT2D eigenvalue weighted by atomic mass is 10.0. The van der Waals surface area contributed by atoms with Crippen molar-refractivity contribution in [3.05, 3.63) is 18.0 Å². The predicted octanol–water partition coefficient (Wildman–Crippen LogP) is 2.50. The summed E-state index contributed by atoms with van der Waals surface area (Å²) in [4.78, 5) is 12.3. The van der Waals surface area contributed by atoms with E-state index >= 15 is 0 Å². The Morgan fingerprint density at radius 2 is 2.37 bits per heavy atom. The Balaban J connectivity index is 1.92. The molecule has 4 nitrogen and oxygen atoms in total. The topological polar surface area (TPSA) is 46.9 Å². The van der Waals surface area contributed by atoms with Gasteiger partial charge in [-0.2, -0.15) is 5.10 Å². The number of rotatable bonds is 5. The Morgan fingerprint density at radius 3 is 3.16 bits per heavy atom. The van der Waals surface area contributed by atoms with Crippen molar-refractivity contribution < 1.29 is 4.79 Å². The number of carbonyl (C=O) groups is 1. The third kappa shape index (κ3) is 3.90. The van der Waals surface area contributed by atoms with Crippen LogP contribution in [-0.2, 0) is 11.2 Å². The molecule has 1 aliphatic heterocycles. The van der Waals surface area contributed by atoms with Crippen LogP contribution in [0.5, 0.6) is 0 Å². The number of Topliss-reactive ketones (excluding diaryl/α,β-unsaturated/α-hetero) is 1.